The quantitative estimate of drug-likeness (QED) is 0.645. The van der Waals surface area contributed by atoms with Crippen LogP contribution in [0.1, 0.15) is 76.6 Å². The number of benzene rings is 1. The molecule has 35 heavy (non-hydrogen) atoms. The van der Waals surface area contributed by atoms with Crippen molar-refractivity contribution < 1.29 is 19.4 Å². The van der Waals surface area contributed by atoms with Gasteiger partial charge in [-0.2, -0.15) is 0 Å². The Hall–Kier alpha value is -2.08. The van der Waals surface area contributed by atoms with Crippen molar-refractivity contribution in [2.45, 2.75) is 78.4 Å². The average molecular weight is 485 g/mol. The number of methoxy groups -OCH3 is 1. The molecule has 2 saturated carbocycles. The fourth-order valence-corrected chi connectivity index (χ4v) is 7.19. The van der Waals surface area contributed by atoms with Gasteiger partial charge in [0.15, 0.2) is 0 Å². The molecule has 1 aromatic carbocycles. The first kappa shape index (κ1) is 26.0. The molecule has 1 aliphatic heterocycles. The zero-order valence-corrected chi connectivity index (χ0v) is 22.1. The van der Waals surface area contributed by atoms with Crippen LogP contribution < -0.4 is 10.1 Å². The van der Waals surface area contributed by atoms with Crippen molar-refractivity contribution >= 4 is 11.8 Å². The van der Waals surface area contributed by atoms with Gasteiger partial charge in [0.1, 0.15) is 5.75 Å². The van der Waals surface area contributed by atoms with Gasteiger partial charge in [-0.1, -0.05) is 27.7 Å². The number of hydrogen-bond acceptors (Lipinski definition) is 4. The van der Waals surface area contributed by atoms with Crippen molar-refractivity contribution in [3.05, 3.63) is 29.8 Å². The lowest BCUT2D eigenvalue weighted by molar-refractivity contribution is -0.151. The van der Waals surface area contributed by atoms with Crippen LogP contribution in [0.4, 0.5) is 0 Å². The van der Waals surface area contributed by atoms with E-state index < -0.39 is 6.10 Å². The number of hydrogen-bond donors (Lipinski definition) is 2. The summed E-state index contributed by atoms with van der Waals surface area (Å²) in [6.07, 6.45) is 5.41. The number of aliphatic hydroxyl groups is 1. The summed E-state index contributed by atoms with van der Waals surface area (Å²) in [6.45, 7) is 10.4. The minimum atomic E-state index is -0.535. The largest absolute Gasteiger partial charge is 0.497 e. The van der Waals surface area contributed by atoms with Gasteiger partial charge in [0.25, 0.3) is 5.91 Å². The number of aliphatic hydroxyl groups excluding tert-OH is 1. The monoisotopic (exact) mass is 484 g/mol. The number of likely N-dealkylation sites (tertiary alicyclic amines) is 1. The predicted octanol–water partition coefficient (Wildman–Crippen LogP) is 4.51. The summed E-state index contributed by atoms with van der Waals surface area (Å²) in [6, 6.07) is 7.17. The van der Waals surface area contributed by atoms with E-state index in [1.807, 2.05) is 11.8 Å². The van der Waals surface area contributed by atoms with Gasteiger partial charge >= 0.3 is 0 Å². The number of nitrogens with zero attached hydrogens (tertiary/aromatic N) is 1. The Morgan fingerprint density at radius 2 is 1.71 bits per heavy atom. The van der Waals surface area contributed by atoms with Crippen LogP contribution >= 0.6 is 0 Å². The molecule has 1 aromatic rings. The zero-order valence-electron chi connectivity index (χ0n) is 22.1. The number of carbonyl (C=O) groups excluding carboxylic acids is 2. The van der Waals surface area contributed by atoms with Crippen LogP contribution in [0.25, 0.3) is 0 Å². The fourth-order valence-electron chi connectivity index (χ4n) is 7.19. The summed E-state index contributed by atoms with van der Waals surface area (Å²) >= 11 is 0. The Balaban J connectivity index is 1.44. The second-order valence-electron chi connectivity index (χ2n) is 11.9. The number of fused-ring (bicyclic) bond motifs is 1. The Bertz CT molecular complexity index is 894. The highest BCUT2D eigenvalue weighted by Gasteiger charge is 2.54. The van der Waals surface area contributed by atoms with Gasteiger partial charge in [-0.25, -0.2) is 0 Å². The molecule has 0 bridgehead atoms. The number of nitrogens with one attached hydrogen (secondary N) is 1. The van der Waals surface area contributed by atoms with E-state index in [0.717, 1.165) is 57.4 Å². The lowest BCUT2D eigenvalue weighted by Gasteiger charge is -2.56. The third-order valence-corrected chi connectivity index (χ3v) is 9.68. The first-order chi connectivity index (χ1) is 16.6. The Labute approximate surface area is 210 Å². The number of amides is 2. The van der Waals surface area contributed by atoms with E-state index in [4.69, 9.17) is 4.74 Å². The summed E-state index contributed by atoms with van der Waals surface area (Å²) in [4.78, 5) is 28.3. The Kier molecular flexibility index (Phi) is 7.80. The van der Waals surface area contributed by atoms with E-state index in [9.17, 15) is 14.7 Å². The summed E-state index contributed by atoms with van der Waals surface area (Å²) in [7, 11) is 1.61. The maximum Gasteiger partial charge on any atom is 0.251 e. The van der Waals surface area contributed by atoms with Gasteiger partial charge in [0, 0.05) is 30.6 Å². The molecule has 2 amide bonds. The summed E-state index contributed by atoms with van der Waals surface area (Å²) in [5.74, 6) is 1.52. The molecule has 3 aliphatic rings. The van der Waals surface area contributed by atoms with Crippen LogP contribution in [0, 0.1) is 35.0 Å². The predicted molar refractivity (Wildman–Crippen MR) is 137 cm³/mol. The maximum atomic E-state index is 13.3. The molecule has 0 radical (unpaired) electrons. The molecule has 194 valence electrons. The van der Waals surface area contributed by atoms with Gasteiger partial charge in [-0.15, -0.1) is 0 Å². The molecule has 1 heterocycles. The first-order valence-corrected chi connectivity index (χ1v) is 13.6. The van der Waals surface area contributed by atoms with Gasteiger partial charge in [0.05, 0.1) is 13.2 Å². The average Bonchev–Trinajstić information content (AvgIpc) is 2.85. The SMILES string of the molecule is COc1ccc(C(=O)N[C@H]2CC[C@]3(C)CC[C@H]([C@H](C)C(=O)N4CCC(C)CC4)[C@H](O)[C@H]3[C@@H]2C)cc1. The van der Waals surface area contributed by atoms with Crippen molar-refractivity contribution in [2.75, 3.05) is 20.2 Å². The lowest BCUT2D eigenvalue weighted by Crippen LogP contribution is -2.58. The van der Waals surface area contributed by atoms with Crippen molar-refractivity contribution in [3.63, 3.8) is 0 Å². The molecule has 0 aromatic heterocycles. The molecule has 0 spiro atoms. The van der Waals surface area contributed by atoms with E-state index in [2.05, 4.69) is 26.1 Å². The molecule has 6 heteroatoms. The molecule has 1 saturated heterocycles. The number of carbonyl (C=O) groups is 2. The molecule has 3 fully saturated rings. The van der Waals surface area contributed by atoms with Crippen LogP contribution in [-0.4, -0.2) is 54.2 Å². The smallest absolute Gasteiger partial charge is 0.251 e. The van der Waals surface area contributed by atoms with Gasteiger partial charge < -0.3 is 20.1 Å². The van der Waals surface area contributed by atoms with Gasteiger partial charge in [0.2, 0.25) is 5.91 Å². The molecular weight excluding hydrogens is 440 g/mol. The zero-order chi connectivity index (χ0) is 25.3. The molecule has 0 unspecified atom stereocenters. The van der Waals surface area contributed by atoms with Gasteiger partial charge in [-0.05, 0) is 91.9 Å². The van der Waals surface area contributed by atoms with E-state index in [1.165, 1.54) is 0 Å². The summed E-state index contributed by atoms with van der Waals surface area (Å²) in [5, 5.41) is 14.9. The van der Waals surface area contributed by atoms with Crippen molar-refractivity contribution in [2.24, 2.45) is 35.0 Å². The third-order valence-electron chi connectivity index (χ3n) is 9.68. The van der Waals surface area contributed by atoms with E-state index >= 15 is 0 Å². The van der Waals surface area contributed by atoms with E-state index in [0.29, 0.717) is 11.5 Å². The molecular formula is C29H44N2O4. The molecule has 6 nitrogen and oxygen atoms in total. The van der Waals surface area contributed by atoms with Crippen molar-refractivity contribution in [1.29, 1.82) is 0 Å². The molecule has 2 N–H and O–H groups in total. The van der Waals surface area contributed by atoms with Crippen LogP contribution in [0.5, 0.6) is 5.75 Å². The minimum Gasteiger partial charge on any atom is -0.497 e. The minimum absolute atomic E-state index is 0.00525. The lowest BCUT2D eigenvalue weighted by atomic mass is 9.51. The van der Waals surface area contributed by atoms with Crippen LogP contribution in [0.3, 0.4) is 0 Å². The highest BCUT2D eigenvalue weighted by molar-refractivity contribution is 5.94. The molecule has 2 aliphatic carbocycles. The van der Waals surface area contributed by atoms with E-state index in [-0.39, 0.29) is 46.9 Å². The fraction of sp³-hybridized carbons (Fsp3) is 0.724. The highest BCUT2D eigenvalue weighted by atomic mass is 16.5. The second kappa shape index (κ2) is 10.5. The standard InChI is InChI=1S/C29H44N2O4/c1-18-12-16-31(17-13-18)28(34)19(2)23-10-14-29(4)15-11-24(20(3)25(29)26(23)32)30-27(33)21-6-8-22(35-5)9-7-21/h6-9,18-20,23-26,32H,10-17H2,1-5H3,(H,30,33)/t19-,20+,23+,24-,25+,26-,29-/m0/s1. The number of rotatable bonds is 5. The Morgan fingerprint density at radius 3 is 2.34 bits per heavy atom. The Morgan fingerprint density at radius 1 is 1.09 bits per heavy atom. The highest BCUT2D eigenvalue weighted by Crippen LogP contribution is 2.55. The van der Waals surface area contributed by atoms with Gasteiger partial charge in [-0.3, -0.25) is 9.59 Å². The number of ether oxygens (including phenoxy) is 1. The summed E-state index contributed by atoms with van der Waals surface area (Å²) in [5.41, 5.74) is 0.656. The van der Waals surface area contributed by atoms with Crippen LogP contribution in [0.2, 0.25) is 0 Å². The summed E-state index contributed by atoms with van der Waals surface area (Å²) < 4.78 is 5.20. The second-order valence-corrected chi connectivity index (χ2v) is 11.9. The normalized spacial score (nSPS) is 34.6. The molecule has 7 atom stereocenters. The van der Waals surface area contributed by atoms with Crippen LogP contribution in [-0.2, 0) is 4.79 Å². The topological polar surface area (TPSA) is 78.9 Å². The maximum absolute atomic E-state index is 13.3. The molecule has 4 rings (SSSR count). The van der Waals surface area contributed by atoms with Crippen LogP contribution in [0.15, 0.2) is 24.3 Å². The third kappa shape index (κ3) is 5.23. The van der Waals surface area contributed by atoms with E-state index in [1.54, 1.807) is 31.4 Å². The number of piperidine rings is 1. The first-order valence-electron chi connectivity index (χ1n) is 13.6. The van der Waals surface area contributed by atoms with Crippen molar-refractivity contribution in [1.82, 2.24) is 10.2 Å². The van der Waals surface area contributed by atoms with Crippen molar-refractivity contribution in [3.8, 4) is 5.75 Å².